The lowest BCUT2D eigenvalue weighted by atomic mass is 10.1. The Morgan fingerprint density at radius 2 is 1.86 bits per heavy atom. The molecule has 1 saturated heterocycles. The maximum absolute atomic E-state index is 5.42. The van der Waals surface area contributed by atoms with Gasteiger partial charge in [0, 0.05) is 33.2 Å². The molecular weight excluding hydrogens is 360 g/mol. The van der Waals surface area contributed by atoms with Crippen LogP contribution in [0.4, 0.5) is 0 Å². The van der Waals surface area contributed by atoms with Crippen molar-refractivity contribution in [2.75, 3.05) is 46.9 Å². The summed E-state index contributed by atoms with van der Waals surface area (Å²) in [5, 5.41) is 6.92. The average molecular weight is 395 g/mol. The quantitative estimate of drug-likeness (QED) is 0.507. The summed E-state index contributed by atoms with van der Waals surface area (Å²) < 4.78 is 5.42. The smallest absolute Gasteiger partial charge is 0.190 e. The summed E-state index contributed by atoms with van der Waals surface area (Å²) in [4.78, 5) is 6.95. The van der Waals surface area contributed by atoms with Crippen LogP contribution in [0.3, 0.4) is 0 Å². The number of likely N-dealkylation sites (tertiary alicyclic amines) is 1. The molecule has 1 aliphatic rings. The van der Waals surface area contributed by atoms with E-state index in [9.17, 15) is 0 Å². The predicted molar refractivity (Wildman–Crippen MR) is 121 cm³/mol. The third kappa shape index (κ3) is 6.79. The van der Waals surface area contributed by atoms with E-state index in [2.05, 4.69) is 63.0 Å². The van der Waals surface area contributed by atoms with Gasteiger partial charge in [-0.3, -0.25) is 4.99 Å². The molecule has 1 fully saturated rings. The minimum Gasteiger partial charge on any atom is -0.496 e. The Labute approximate surface area is 175 Å². The maximum atomic E-state index is 5.42. The summed E-state index contributed by atoms with van der Waals surface area (Å²) in [5.41, 5.74) is 2.64. The molecule has 156 valence electrons. The van der Waals surface area contributed by atoms with E-state index in [4.69, 9.17) is 4.74 Å². The Balaban J connectivity index is 1.34. The van der Waals surface area contributed by atoms with Gasteiger partial charge in [0.15, 0.2) is 5.96 Å². The van der Waals surface area contributed by atoms with Crippen LogP contribution in [0, 0.1) is 5.92 Å². The number of methoxy groups -OCH3 is 1. The topological polar surface area (TPSA) is 48.9 Å². The second-order valence-electron chi connectivity index (χ2n) is 7.63. The first-order chi connectivity index (χ1) is 14.3. The SMILES string of the molecule is CN=C(NCCc1ccccc1OC)NCC1CCN(CCc2ccccc2)C1. The van der Waals surface area contributed by atoms with Gasteiger partial charge >= 0.3 is 0 Å². The van der Waals surface area contributed by atoms with Crippen LogP contribution in [-0.2, 0) is 12.8 Å². The van der Waals surface area contributed by atoms with Crippen molar-refractivity contribution in [1.29, 1.82) is 0 Å². The van der Waals surface area contributed by atoms with E-state index in [-0.39, 0.29) is 0 Å². The molecule has 0 spiro atoms. The van der Waals surface area contributed by atoms with E-state index in [0.717, 1.165) is 50.7 Å². The van der Waals surface area contributed by atoms with Crippen LogP contribution in [-0.4, -0.2) is 57.7 Å². The number of benzene rings is 2. The molecule has 0 aliphatic carbocycles. The van der Waals surface area contributed by atoms with Gasteiger partial charge in [-0.2, -0.15) is 0 Å². The van der Waals surface area contributed by atoms with Gasteiger partial charge in [0.05, 0.1) is 7.11 Å². The summed E-state index contributed by atoms with van der Waals surface area (Å²) in [7, 11) is 3.55. The number of para-hydroxylation sites is 1. The van der Waals surface area contributed by atoms with Crippen molar-refractivity contribution in [2.24, 2.45) is 10.9 Å². The summed E-state index contributed by atoms with van der Waals surface area (Å²) >= 11 is 0. The highest BCUT2D eigenvalue weighted by Gasteiger charge is 2.22. The Hall–Kier alpha value is -2.53. The van der Waals surface area contributed by atoms with Gasteiger partial charge in [0.25, 0.3) is 0 Å². The molecule has 2 N–H and O–H groups in total. The van der Waals surface area contributed by atoms with Crippen molar-refractivity contribution >= 4 is 5.96 Å². The first kappa shape index (κ1) is 21.2. The Morgan fingerprint density at radius 3 is 2.66 bits per heavy atom. The van der Waals surface area contributed by atoms with Crippen molar-refractivity contribution in [3.8, 4) is 5.75 Å². The Bertz CT molecular complexity index is 762. The number of hydrogen-bond acceptors (Lipinski definition) is 3. The van der Waals surface area contributed by atoms with E-state index in [1.807, 2.05) is 19.2 Å². The van der Waals surface area contributed by atoms with Crippen molar-refractivity contribution in [3.63, 3.8) is 0 Å². The third-order valence-electron chi connectivity index (χ3n) is 5.59. The standard InChI is InChI=1S/C24H34N4O/c1-25-24(26-15-12-22-10-6-7-11-23(22)29-2)27-18-21-14-17-28(19-21)16-13-20-8-4-3-5-9-20/h3-11,21H,12-19H2,1-2H3,(H2,25,26,27). The second-order valence-corrected chi connectivity index (χ2v) is 7.63. The van der Waals surface area contributed by atoms with Crippen LogP contribution in [0.2, 0.25) is 0 Å². The van der Waals surface area contributed by atoms with Gasteiger partial charge in [0.2, 0.25) is 0 Å². The minimum absolute atomic E-state index is 0.679. The zero-order valence-electron chi connectivity index (χ0n) is 17.7. The normalized spacial score (nSPS) is 17.3. The van der Waals surface area contributed by atoms with Gasteiger partial charge in [-0.1, -0.05) is 48.5 Å². The summed E-state index contributed by atoms with van der Waals surface area (Å²) in [6.45, 7) is 5.30. The summed E-state index contributed by atoms with van der Waals surface area (Å²) in [6, 6.07) is 18.9. The number of guanidine groups is 1. The predicted octanol–water partition coefficient (Wildman–Crippen LogP) is 2.97. The lowest BCUT2D eigenvalue weighted by Crippen LogP contribution is -2.41. The molecule has 2 aromatic rings. The van der Waals surface area contributed by atoms with Crippen molar-refractivity contribution in [2.45, 2.75) is 19.3 Å². The van der Waals surface area contributed by atoms with E-state index >= 15 is 0 Å². The lowest BCUT2D eigenvalue weighted by Gasteiger charge is -2.18. The fourth-order valence-corrected chi connectivity index (χ4v) is 3.90. The van der Waals surface area contributed by atoms with E-state index in [1.165, 1.54) is 24.1 Å². The van der Waals surface area contributed by atoms with Gasteiger partial charge in [-0.25, -0.2) is 0 Å². The molecule has 0 bridgehead atoms. The molecule has 0 amide bonds. The minimum atomic E-state index is 0.679. The molecule has 1 aliphatic heterocycles. The average Bonchev–Trinajstić information content (AvgIpc) is 3.23. The molecule has 1 unspecified atom stereocenters. The molecule has 3 rings (SSSR count). The number of nitrogens with zero attached hydrogens (tertiary/aromatic N) is 2. The molecule has 1 heterocycles. The van der Waals surface area contributed by atoms with Crippen LogP contribution in [0.5, 0.6) is 5.75 Å². The highest BCUT2D eigenvalue weighted by molar-refractivity contribution is 5.79. The highest BCUT2D eigenvalue weighted by atomic mass is 16.5. The fraction of sp³-hybridized carbons (Fsp3) is 0.458. The third-order valence-corrected chi connectivity index (χ3v) is 5.59. The maximum Gasteiger partial charge on any atom is 0.190 e. The van der Waals surface area contributed by atoms with Crippen molar-refractivity contribution in [1.82, 2.24) is 15.5 Å². The Kier molecular flexibility index (Phi) is 8.38. The number of ether oxygens (including phenoxy) is 1. The molecule has 5 nitrogen and oxygen atoms in total. The number of rotatable bonds is 9. The molecule has 0 saturated carbocycles. The summed E-state index contributed by atoms with van der Waals surface area (Å²) in [6.07, 6.45) is 3.29. The molecule has 29 heavy (non-hydrogen) atoms. The summed E-state index contributed by atoms with van der Waals surface area (Å²) in [5.74, 6) is 2.50. The van der Waals surface area contributed by atoms with Gasteiger partial charge in [0.1, 0.15) is 5.75 Å². The van der Waals surface area contributed by atoms with Crippen molar-refractivity contribution in [3.05, 3.63) is 65.7 Å². The zero-order chi connectivity index (χ0) is 20.3. The van der Waals surface area contributed by atoms with Crippen LogP contribution in [0.25, 0.3) is 0 Å². The monoisotopic (exact) mass is 394 g/mol. The highest BCUT2D eigenvalue weighted by Crippen LogP contribution is 2.17. The fourth-order valence-electron chi connectivity index (χ4n) is 3.90. The van der Waals surface area contributed by atoms with Gasteiger partial charge in [-0.15, -0.1) is 0 Å². The molecular formula is C24H34N4O. The van der Waals surface area contributed by atoms with Gasteiger partial charge in [-0.05, 0) is 48.9 Å². The lowest BCUT2D eigenvalue weighted by molar-refractivity contribution is 0.328. The molecule has 0 aromatic heterocycles. The van der Waals surface area contributed by atoms with Crippen LogP contribution in [0.1, 0.15) is 17.5 Å². The second kappa shape index (κ2) is 11.5. The molecule has 0 radical (unpaired) electrons. The van der Waals surface area contributed by atoms with E-state index in [0.29, 0.717) is 5.92 Å². The number of aliphatic imine (C=N–C) groups is 1. The first-order valence-corrected chi connectivity index (χ1v) is 10.6. The first-order valence-electron chi connectivity index (χ1n) is 10.6. The van der Waals surface area contributed by atoms with E-state index in [1.54, 1.807) is 7.11 Å². The zero-order valence-corrected chi connectivity index (χ0v) is 17.7. The van der Waals surface area contributed by atoms with E-state index < -0.39 is 0 Å². The molecule has 1 atom stereocenters. The Morgan fingerprint density at radius 1 is 1.07 bits per heavy atom. The van der Waals surface area contributed by atoms with Crippen LogP contribution in [0.15, 0.2) is 59.6 Å². The van der Waals surface area contributed by atoms with Crippen molar-refractivity contribution < 1.29 is 4.74 Å². The van der Waals surface area contributed by atoms with Gasteiger partial charge < -0.3 is 20.3 Å². The number of hydrogen-bond donors (Lipinski definition) is 2. The van der Waals surface area contributed by atoms with Crippen LogP contribution >= 0.6 is 0 Å². The molecule has 2 aromatic carbocycles. The number of nitrogens with one attached hydrogen (secondary N) is 2. The largest absolute Gasteiger partial charge is 0.496 e. The molecule has 5 heteroatoms. The van der Waals surface area contributed by atoms with Crippen LogP contribution < -0.4 is 15.4 Å².